The van der Waals surface area contributed by atoms with E-state index in [1.807, 2.05) is 0 Å². The van der Waals surface area contributed by atoms with Crippen LogP contribution in [0.25, 0.3) is 0 Å². The first-order valence-electron chi connectivity index (χ1n) is 4.74. The number of hydrogen-bond donors (Lipinski definition) is 1. The van der Waals surface area contributed by atoms with Crippen LogP contribution in [0.15, 0.2) is 0 Å². The zero-order valence-electron chi connectivity index (χ0n) is 7.64. The molecule has 1 saturated heterocycles. The van der Waals surface area contributed by atoms with E-state index in [4.69, 9.17) is 9.47 Å². The molecule has 1 N–H and O–H groups in total. The third kappa shape index (κ3) is 1.26. The molecule has 1 saturated carbocycles. The van der Waals surface area contributed by atoms with Crippen molar-refractivity contribution < 1.29 is 9.47 Å². The molecule has 0 amide bonds. The lowest BCUT2D eigenvalue weighted by atomic mass is 9.74. The molecule has 2 rings (SSSR count). The van der Waals surface area contributed by atoms with Crippen molar-refractivity contribution >= 4 is 0 Å². The van der Waals surface area contributed by atoms with Gasteiger partial charge in [-0.05, 0) is 19.3 Å². The van der Waals surface area contributed by atoms with Crippen LogP contribution in [0.4, 0.5) is 0 Å². The van der Waals surface area contributed by atoms with Gasteiger partial charge in [0, 0.05) is 13.7 Å². The van der Waals surface area contributed by atoms with Crippen LogP contribution in [0.5, 0.6) is 0 Å². The minimum atomic E-state index is 0.133. The first-order valence-corrected chi connectivity index (χ1v) is 4.74. The van der Waals surface area contributed by atoms with Crippen molar-refractivity contribution in [1.82, 2.24) is 5.32 Å². The summed E-state index contributed by atoms with van der Waals surface area (Å²) in [6, 6.07) is 0.421. The molecule has 0 radical (unpaired) electrons. The van der Waals surface area contributed by atoms with Crippen LogP contribution in [0.2, 0.25) is 0 Å². The molecule has 1 heterocycles. The molecule has 0 aromatic carbocycles. The molecule has 1 atom stereocenters. The average molecular weight is 171 g/mol. The quantitative estimate of drug-likeness (QED) is 0.658. The summed E-state index contributed by atoms with van der Waals surface area (Å²) in [5, 5.41) is 3.46. The lowest BCUT2D eigenvalue weighted by molar-refractivity contribution is -0.154. The third-order valence-corrected chi connectivity index (χ3v) is 3.05. The van der Waals surface area contributed by atoms with Crippen LogP contribution < -0.4 is 5.32 Å². The summed E-state index contributed by atoms with van der Waals surface area (Å²) >= 11 is 0. The highest BCUT2D eigenvalue weighted by Crippen LogP contribution is 2.39. The van der Waals surface area contributed by atoms with Crippen LogP contribution in [-0.4, -0.2) is 38.5 Å². The van der Waals surface area contributed by atoms with E-state index < -0.39 is 0 Å². The lowest BCUT2D eigenvalue weighted by Crippen LogP contribution is -2.63. The number of methoxy groups -OCH3 is 1. The second kappa shape index (κ2) is 3.32. The molecular formula is C9H17NO2. The maximum atomic E-state index is 5.82. The molecule has 1 unspecified atom stereocenters. The predicted molar refractivity (Wildman–Crippen MR) is 46.2 cm³/mol. The Morgan fingerprint density at radius 3 is 3.00 bits per heavy atom. The summed E-state index contributed by atoms with van der Waals surface area (Å²) in [4.78, 5) is 0. The van der Waals surface area contributed by atoms with Crippen LogP contribution in [0.3, 0.4) is 0 Å². The third-order valence-electron chi connectivity index (χ3n) is 3.05. The van der Waals surface area contributed by atoms with Gasteiger partial charge in [-0.3, -0.25) is 0 Å². The summed E-state index contributed by atoms with van der Waals surface area (Å²) in [5.74, 6) is 0. The second-order valence-electron chi connectivity index (χ2n) is 3.73. The van der Waals surface area contributed by atoms with Crippen molar-refractivity contribution in [3.63, 3.8) is 0 Å². The highest BCUT2D eigenvalue weighted by molar-refractivity contribution is 5.01. The summed E-state index contributed by atoms with van der Waals surface area (Å²) < 4.78 is 11.0. The van der Waals surface area contributed by atoms with Crippen LogP contribution >= 0.6 is 0 Å². The minimum Gasteiger partial charge on any atom is -0.383 e. The Hall–Kier alpha value is -0.120. The second-order valence-corrected chi connectivity index (χ2v) is 3.73. The van der Waals surface area contributed by atoms with Gasteiger partial charge in [0.05, 0.1) is 24.9 Å². The molecule has 3 nitrogen and oxygen atoms in total. The molecule has 12 heavy (non-hydrogen) atoms. The Morgan fingerprint density at radius 2 is 2.42 bits per heavy atom. The van der Waals surface area contributed by atoms with Crippen molar-refractivity contribution in [3.8, 4) is 0 Å². The van der Waals surface area contributed by atoms with E-state index in [1.165, 1.54) is 19.3 Å². The van der Waals surface area contributed by atoms with E-state index in [-0.39, 0.29) is 5.60 Å². The number of hydrogen-bond acceptors (Lipinski definition) is 3. The Labute approximate surface area is 73.4 Å². The zero-order valence-corrected chi connectivity index (χ0v) is 7.64. The average Bonchev–Trinajstić information content (AvgIpc) is 2.03. The fourth-order valence-electron chi connectivity index (χ4n) is 2.17. The number of morpholine rings is 1. The van der Waals surface area contributed by atoms with E-state index >= 15 is 0 Å². The van der Waals surface area contributed by atoms with Gasteiger partial charge in [0.2, 0.25) is 0 Å². The van der Waals surface area contributed by atoms with Gasteiger partial charge < -0.3 is 14.8 Å². The van der Waals surface area contributed by atoms with Gasteiger partial charge in [-0.25, -0.2) is 0 Å². The topological polar surface area (TPSA) is 30.5 Å². The highest BCUT2D eigenvalue weighted by Gasteiger charge is 2.46. The molecule has 0 aromatic rings. The molecule has 70 valence electrons. The molecule has 3 heteroatoms. The van der Waals surface area contributed by atoms with Gasteiger partial charge in [0.1, 0.15) is 0 Å². The molecule has 1 aliphatic heterocycles. The monoisotopic (exact) mass is 171 g/mol. The van der Waals surface area contributed by atoms with Crippen molar-refractivity contribution in [1.29, 1.82) is 0 Å². The Balaban J connectivity index is 1.97. The van der Waals surface area contributed by atoms with E-state index in [0.717, 1.165) is 19.8 Å². The Bertz CT molecular complexity index is 155. The van der Waals surface area contributed by atoms with Crippen molar-refractivity contribution in [2.45, 2.75) is 30.9 Å². The number of nitrogens with one attached hydrogen (secondary N) is 1. The molecule has 0 aromatic heterocycles. The van der Waals surface area contributed by atoms with E-state index in [2.05, 4.69) is 5.32 Å². The fraction of sp³-hybridized carbons (Fsp3) is 1.00. The van der Waals surface area contributed by atoms with Crippen LogP contribution in [0, 0.1) is 0 Å². The first-order chi connectivity index (χ1) is 5.87. The summed E-state index contributed by atoms with van der Waals surface area (Å²) in [7, 11) is 1.75. The summed E-state index contributed by atoms with van der Waals surface area (Å²) in [5.41, 5.74) is 0.133. The van der Waals surface area contributed by atoms with E-state index in [9.17, 15) is 0 Å². The number of rotatable bonds is 2. The zero-order chi connectivity index (χ0) is 8.44. The smallest absolute Gasteiger partial charge is 0.0857 e. The van der Waals surface area contributed by atoms with Crippen molar-refractivity contribution in [3.05, 3.63) is 0 Å². The molecule has 1 spiro atoms. The Morgan fingerprint density at radius 1 is 1.58 bits per heavy atom. The van der Waals surface area contributed by atoms with E-state index in [0.29, 0.717) is 6.04 Å². The SMILES string of the molecule is COCC1NCCOC12CCC2. The standard InChI is InChI=1S/C9H17NO2/c1-11-7-8-9(3-2-4-9)12-6-5-10-8/h8,10H,2-7H2,1H3. The van der Waals surface area contributed by atoms with Gasteiger partial charge >= 0.3 is 0 Å². The van der Waals surface area contributed by atoms with Gasteiger partial charge in [-0.1, -0.05) is 0 Å². The van der Waals surface area contributed by atoms with Gasteiger partial charge in [0.25, 0.3) is 0 Å². The van der Waals surface area contributed by atoms with Gasteiger partial charge in [-0.15, -0.1) is 0 Å². The van der Waals surface area contributed by atoms with Gasteiger partial charge in [0.15, 0.2) is 0 Å². The molecule has 2 fully saturated rings. The Kier molecular flexibility index (Phi) is 2.35. The van der Waals surface area contributed by atoms with Crippen molar-refractivity contribution in [2.75, 3.05) is 26.9 Å². The largest absolute Gasteiger partial charge is 0.383 e. The fourth-order valence-corrected chi connectivity index (χ4v) is 2.17. The maximum Gasteiger partial charge on any atom is 0.0857 e. The minimum absolute atomic E-state index is 0.133. The predicted octanol–water partition coefficient (Wildman–Crippen LogP) is 0.544. The van der Waals surface area contributed by atoms with Crippen LogP contribution in [0.1, 0.15) is 19.3 Å². The molecule has 0 bridgehead atoms. The van der Waals surface area contributed by atoms with Crippen LogP contribution in [-0.2, 0) is 9.47 Å². The summed E-state index contributed by atoms with van der Waals surface area (Å²) in [6.07, 6.45) is 3.71. The number of ether oxygens (including phenoxy) is 2. The van der Waals surface area contributed by atoms with Crippen molar-refractivity contribution in [2.24, 2.45) is 0 Å². The highest BCUT2D eigenvalue weighted by atomic mass is 16.5. The lowest BCUT2D eigenvalue weighted by Gasteiger charge is -2.50. The molecule has 1 aliphatic carbocycles. The summed E-state index contributed by atoms with van der Waals surface area (Å²) in [6.45, 7) is 2.61. The molecular weight excluding hydrogens is 154 g/mol. The normalized spacial score (nSPS) is 33.2. The first kappa shape index (κ1) is 8.48. The van der Waals surface area contributed by atoms with Gasteiger partial charge in [-0.2, -0.15) is 0 Å². The van der Waals surface area contributed by atoms with E-state index in [1.54, 1.807) is 7.11 Å². The maximum absolute atomic E-state index is 5.82. The molecule has 2 aliphatic rings.